The zero-order valence-electron chi connectivity index (χ0n) is 17.3. The van der Waals surface area contributed by atoms with Crippen LogP contribution in [0.4, 0.5) is 5.69 Å². The lowest BCUT2D eigenvalue weighted by atomic mass is 10.2. The molecule has 32 heavy (non-hydrogen) atoms. The first-order valence-corrected chi connectivity index (χ1v) is 12.2. The van der Waals surface area contributed by atoms with E-state index in [1.807, 2.05) is 35.8 Å². The molecule has 1 amide bonds. The molecule has 1 saturated heterocycles. The summed E-state index contributed by atoms with van der Waals surface area (Å²) in [5.41, 5.74) is 2.15. The Morgan fingerprint density at radius 3 is 2.69 bits per heavy atom. The largest absolute Gasteiger partial charge is 0.376 e. The second-order valence-electron chi connectivity index (χ2n) is 7.45. The smallest absolute Gasteiger partial charge is 0.234 e. The number of aromatic nitrogens is 3. The summed E-state index contributed by atoms with van der Waals surface area (Å²) in [6, 6.07) is 11.0. The summed E-state index contributed by atoms with van der Waals surface area (Å²) in [6.45, 7) is 3.23. The number of nitrogens with zero attached hydrogens (tertiary/aromatic N) is 3. The van der Waals surface area contributed by atoms with Gasteiger partial charge in [0.25, 0.3) is 0 Å². The Bertz CT molecular complexity index is 1120. The Hall–Kier alpha value is -1.77. The highest BCUT2D eigenvalue weighted by Gasteiger charge is 2.22. The summed E-state index contributed by atoms with van der Waals surface area (Å²) in [7, 11) is 0. The number of carbonyl (C=O) groups excluding carboxylic acids is 1. The van der Waals surface area contributed by atoms with Crippen LogP contribution in [0.15, 0.2) is 41.6 Å². The van der Waals surface area contributed by atoms with Crippen molar-refractivity contribution in [1.29, 1.82) is 0 Å². The van der Waals surface area contributed by atoms with Crippen LogP contribution in [0, 0.1) is 6.92 Å². The van der Waals surface area contributed by atoms with Crippen molar-refractivity contribution in [3.8, 4) is 11.4 Å². The van der Waals surface area contributed by atoms with E-state index in [2.05, 4.69) is 15.5 Å². The third kappa shape index (κ3) is 5.41. The highest BCUT2D eigenvalue weighted by atomic mass is 35.5. The number of carbonyl (C=O) groups is 1. The minimum Gasteiger partial charge on any atom is -0.376 e. The number of anilines is 1. The topological polar surface area (TPSA) is 69.0 Å². The van der Waals surface area contributed by atoms with Gasteiger partial charge in [-0.2, -0.15) is 0 Å². The van der Waals surface area contributed by atoms with E-state index in [4.69, 9.17) is 39.5 Å². The van der Waals surface area contributed by atoms with Crippen LogP contribution >= 0.6 is 46.6 Å². The molecular formula is C22H21Cl3N4O2S. The Balaban J connectivity index is 1.52. The molecule has 0 bridgehead atoms. The minimum atomic E-state index is -0.232. The first-order chi connectivity index (χ1) is 15.4. The summed E-state index contributed by atoms with van der Waals surface area (Å²) in [6.07, 6.45) is 2.11. The van der Waals surface area contributed by atoms with Gasteiger partial charge in [0.15, 0.2) is 11.0 Å². The van der Waals surface area contributed by atoms with Crippen molar-refractivity contribution >= 4 is 58.2 Å². The van der Waals surface area contributed by atoms with Crippen LogP contribution in [-0.2, 0) is 16.1 Å². The van der Waals surface area contributed by atoms with Crippen molar-refractivity contribution in [2.24, 2.45) is 0 Å². The normalized spacial score (nSPS) is 15.8. The third-order valence-corrected chi connectivity index (χ3v) is 7.13. The lowest BCUT2D eigenvalue weighted by Gasteiger charge is -2.15. The molecule has 0 radical (unpaired) electrons. The summed E-state index contributed by atoms with van der Waals surface area (Å²) in [4.78, 5) is 12.6. The van der Waals surface area contributed by atoms with Gasteiger partial charge >= 0.3 is 0 Å². The molecule has 0 spiro atoms. The van der Waals surface area contributed by atoms with Crippen LogP contribution in [0.1, 0.15) is 18.4 Å². The number of hydrogen-bond donors (Lipinski definition) is 1. The van der Waals surface area contributed by atoms with Gasteiger partial charge in [-0.1, -0.05) is 52.6 Å². The van der Waals surface area contributed by atoms with E-state index < -0.39 is 0 Å². The lowest BCUT2D eigenvalue weighted by molar-refractivity contribution is -0.113. The second-order valence-corrected chi connectivity index (χ2v) is 9.61. The van der Waals surface area contributed by atoms with Crippen LogP contribution in [0.25, 0.3) is 11.4 Å². The Morgan fingerprint density at radius 2 is 1.97 bits per heavy atom. The van der Waals surface area contributed by atoms with E-state index >= 15 is 0 Å². The Morgan fingerprint density at radius 1 is 1.19 bits per heavy atom. The maximum atomic E-state index is 12.6. The maximum Gasteiger partial charge on any atom is 0.234 e. The molecule has 168 valence electrons. The lowest BCUT2D eigenvalue weighted by Crippen LogP contribution is -2.18. The average molecular weight is 512 g/mol. The van der Waals surface area contributed by atoms with Gasteiger partial charge in [0.05, 0.1) is 34.1 Å². The fourth-order valence-electron chi connectivity index (χ4n) is 3.44. The molecule has 2 heterocycles. The van der Waals surface area contributed by atoms with Crippen molar-refractivity contribution in [3.63, 3.8) is 0 Å². The second kappa shape index (κ2) is 10.4. The van der Waals surface area contributed by atoms with E-state index in [1.165, 1.54) is 11.8 Å². The van der Waals surface area contributed by atoms with Crippen LogP contribution in [0.3, 0.4) is 0 Å². The van der Waals surface area contributed by atoms with Crippen molar-refractivity contribution in [2.45, 2.75) is 37.6 Å². The number of amides is 1. The molecule has 1 aliphatic heterocycles. The van der Waals surface area contributed by atoms with Gasteiger partial charge in [-0.05, 0) is 55.7 Å². The van der Waals surface area contributed by atoms with Crippen molar-refractivity contribution < 1.29 is 9.53 Å². The number of ether oxygens (including phenoxy) is 1. The van der Waals surface area contributed by atoms with Crippen molar-refractivity contribution in [1.82, 2.24) is 14.8 Å². The number of hydrogen-bond acceptors (Lipinski definition) is 5. The fourth-order valence-corrected chi connectivity index (χ4v) is 4.78. The molecular weight excluding hydrogens is 491 g/mol. The summed E-state index contributed by atoms with van der Waals surface area (Å²) in [5.74, 6) is 0.610. The number of halogens is 3. The molecule has 4 rings (SSSR count). The molecule has 0 saturated carbocycles. The number of thioether (sulfide) groups is 1. The molecule has 1 aromatic heterocycles. The fraction of sp³-hybridized carbons (Fsp3) is 0.318. The molecule has 1 aliphatic rings. The zero-order valence-corrected chi connectivity index (χ0v) is 20.4. The minimum absolute atomic E-state index is 0.0927. The molecule has 1 N–H and O–H groups in total. The first kappa shape index (κ1) is 23.4. The molecule has 1 fully saturated rings. The van der Waals surface area contributed by atoms with Crippen LogP contribution in [0.2, 0.25) is 15.1 Å². The summed E-state index contributed by atoms with van der Waals surface area (Å²) in [5, 5.41) is 13.6. The van der Waals surface area contributed by atoms with Crippen molar-refractivity contribution in [2.75, 3.05) is 17.7 Å². The number of benzene rings is 2. The number of aryl methyl sites for hydroxylation is 1. The van der Waals surface area contributed by atoms with Crippen LogP contribution < -0.4 is 5.32 Å². The van der Waals surface area contributed by atoms with Gasteiger partial charge in [-0.25, -0.2) is 0 Å². The average Bonchev–Trinajstić information content (AvgIpc) is 3.44. The highest BCUT2D eigenvalue weighted by molar-refractivity contribution is 7.99. The van der Waals surface area contributed by atoms with Gasteiger partial charge in [-0.3, -0.25) is 9.36 Å². The molecule has 3 aromatic rings. The zero-order chi connectivity index (χ0) is 22.7. The van der Waals surface area contributed by atoms with Crippen LogP contribution in [-0.4, -0.2) is 39.1 Å². The van der Waals surface area contributed by atoms with E-state index in [9.17, 15) is 4.79 Å². The predicted molar refractivity (Wildman–Crippen MR) is 130 cm³/mol. The molecule has 2 aromatic carbocycles. The monoisotopic (exact) mass is 510 g/mol. The van der Waals surface area contributed by atoms with Gasteiger partial charge < -0.3 is 10.1 Å². The standard InChI is InChI=1S/C22H21Cl3N4O2S/c1-13-4-9-17(24)20(19(13)25)26-18(30)12-32-22-28-27-21(14-5-7-15(23)8-6-14)29(22)11-16-3-2-10-31-16/h4-9,16H,2-3,10-12H2,1H3,(H,26,30). The molecule has 1 unspecified atom stereocenters. The first-order valence-electron chi connectivity index (χ1n) is 10.1. The summed E-state index contributed by atoms with van der Waals surface area (Å²) < 4.78 is 7.82. The van der Waals surface area contributed by atoms with Gasteiger partial charge in [0, 0.05) is 17.2 Å². The summed E-state index contributed by atoms with van der Waals surface area (Å²) >= 11 is 19.9. The SMILES string of the molecule is Cc1ccc(Cl)c(NC(=O)CSc2nnc(-c3ccc(Cl)cc3)n2CC2CCCO2)c1Cl. The van der Waals surface area contributed by atoms with Gasteiger partial charge in [0.2, 0.25) is 5.91 Å². The molecule has 0 aliphatic carbocycles. The Kier molecular flexibility index (Phi) is 7.63. The van der Waals surface area contributed by atoms with Gasteiger partial charge in [0.1, 0.15) is 0 Å². The predicted octanol–water partition coefficient (Wildman–Crippen LogP) is 6.12. The number of rotatable bonds is 7. The van der Waals surface area contributed by atoms with Crippen LogP contribution in [0.5, 0.6) is 0 Å². The highest BCUT2D eigenvalue weighted by Crippen LogP contribution is 2.33. The Labute approximate surface area is 205 Å². The van der Waals surface area contributed by atoms with E-state index in [-0.39, 0.29) is 17.8 Å². The van der Waals surface area contributed by atoms with E-state index in [0.717, 1.165) is 30.6 Å². The number of nitrogens with one attached hydrogen (secondary N) is 1. The van der Waals surface area contributed by atoms with E-state index in [0.29, 0.717) is 38.3 Å². The molecule has 1 atom stereocenters. The molecule has 6 nitrogen and oxygen atoms in total. The third-order valence-electron chi connectivity index (χ3n) is 5.11. The maximum absolute atomic E-state index is 12.6. The van der Waals surface area contributed by atoms with Gasteiger partial charge in [-0.15, -0.1) is 10.2 Å². The molecule has 10 heteroatoms. The quantitative estimate of drug-likeness (QED) is 0.387. The van der Waals surface area contributed by atoms with Crippen molar-refractivity contribution in [3.05, 3.63) is 57.0 Å². The van der Waals surface area contributed by atoms with E-state index in [1.54, 1.807) is 12.1 Å².